The zero-order valence-electron chi connectivity index (χ0n) is 11.8. The van der Waals surface area contributed by atoms with E-state index in [1.165, 1.54) is 0 Å². The zero-order chi connectivity index (χ0) is 14.4. The number of benzene rings is 1. The van der Waals surface area contributed by atoms with Gasteiger partial charge in [-0.05, 0) is 31.0 Å². The summed E-state index contributed by atoms with van der Waals surface area (Å²) < 4.78 is 4.76. The van der Waals surface area contributed by atoms with E-state index >= 15 is 0 Å². The van der Waals surface area contributed by atoms with Gasteiger partial charge >= 0.3 is 0 Å². The van der Waals surface area contributed by atoms with Crippen molar-refractivity contribution in [2.45, 2.75) is 12.8 Å². The quantitative estimate of drug-likeness (QED) is 0.819. The van der Waals surface area contributed by atoms with E-state index in [2.05, 4.69) is 10.5 Å². The third kappa shape index (κ3) is 3.85. The zero-order valence-corrected chi connectivity index (χ0v) is 11.8. The minimum absolute atomic E-state index is 0.0426. The van der Waals surface area contributed by atoms with Gasteiger partial charge < -0.3 is 14.7 Å². The predicted octanol–water partition coefficient (Wildman–Crippen LogP) is 2.10. The van der Waals surface area contributed by atoms with Crippen LogP contribution in [0.3, 0.4) is 0 Å². The van der Waals surface area contributed by atoms with Gasteiger partial charge in [-0.1, -0.05) is 11.2 Å². The molecule has 5 heteroatoms. The number of hydrogen-bond acceptors (Lipinski definition) is 4. The number of hydrogen-bond donors (Lipinski definition) is 1. The Morgan fingerprint density at radius 1 is 1.40 bits per heavy atom. The molecule has 106 valence electrons. The fourth-order valence-corrected chi connectivity index (χ4v) is 1.87. The number of aryl methyl sites for hydroxylation is 1. The van der Waals surface area contributed by atoms with E-state index in [4.69, 9.17) is 4.52 Å². The number of nitrogens with zero attached hydrogens (tertiary/aromatic N) is 2. The molecule has 1 aromatic carbocycles. The molecule has 1 aromatic heterocycles. The van der Waals surface area contributed by atoms with Crippen LogP contribution in [0.2, 0.25) is 0 Å². The van der Waals surface area contributed by atoms with Crippen LogP contribution in [0, 0.1) is 0 Å². The second kappa shape index (κ2) is 6.75. The van der Waals surface area contributed by atoms with Gasteiger partial charge in [-0.15, -0.1) is 0 Å². The van der Waals surface area contributed by atoms with Gasteiger partial charge in [0.05, 0.1) is 6.20 Å². The highest BCUT2D eigenvalue weighted by molar-refractivity contribution is 5.95. The topological polar surface area (TPSA) is 58.4 Å². The summed E-state index contributed by atoms with van der Waals surface area (Å²) in [7, 11) is 3.91. The summed E-state index contributed by atoms with van der Waals surface area (Å²) in [4.78, 5) is 14.0. The lowest BCUT2D eigenvalue weighted by Gasteiger charge is -2.13. The van der Waals surface area contributed by atoms with Gasteiger partial charge in [0.15, 0.2) is 0 Å². The molecule has 0 unspecified atom stereocenters. The van der Waals surface area contributed by atoms with E-state index in [0.29, 0.717) is 12.1 Å². The number of nitrogens with one attached hydrogen (secondary N) is 1. The molecule has 0 radical (unpaired) electrons. The number of rotatable bonds is 6. The third-order valence-corrected chi connectivity index (χ3v) is 3.04. The van der Waals surface area contributed by atoms with Crippen LogP contribution in [0.15, 0.2) is 41.2 Å². The molecule has 0 spiro atoms. The SMILES string of the molecule is CN(C)c1cccc(C(=O)NCCCc2cnoc2)c1. The molecule has 0 fully saturated rings. The Morgan fingerprint density at radius 2 is 2.25 bits per heavy atom. The molecular formula is C15H19N3O2. The van der Waals surface area contributed by atoms with Crippen LogP contribution in [-0.4, -0.2) is 31.7 Å². The highest BCUT2D eigenvalue weighted by Crippen LogP contribution is 2.13. The molecule has 2 rings (SSSR count). The highest BCUT2D eigenvalue weighted by Gasteiger charge is 2.06. The molecule has 0 saturated heterocycles. The molecule has 20 heavy (non-hydrogen) atoms. The number of anilines is 1. The van der Waals surface area contributed by atoms with E-state index < -0.39 is 0 Å². The van der Waals surface area contributed by atoms with Crippen molar-refractivity contribution in [3.8, 4) is 0 Å². The Balaban J connectivity index is 1.81. The van der Waals surface area contributed by atoms with E-state index in [-0.39, 0.29) is 5.91 Å². The molecule has 0 aliphatic rings. The first kappa shape index (κ1) is 14.1. The second-order valence-corrected chi connectivity index (χ2v) is 4.84. The van der Waals surface area contributed by atoms with Gasteiger partial charge in [0.25, 0.3) is 5.91 Å². The molecule has 2 aromatic rings. The van der Waals surface area contributed by atoms with Crippen LogP contribution in [0.5, 0.6) is 0 Å². The number of aromatic nitrogens is 1. The summed E-state index contributed by atoms with van der Waals surface area (Å²) in [6, 6.07) is 7.57. The van der Waals surface area contributed by atoms with Gasteiger partial charge in [-0.2, -0.15) is 0 Å². The third-order valence-electron chi connectivity index (χ3n) is 3.04. The monoisotopic (exact) mass is 273 g/mol. The maximum absolute atomic E-state index is 12.0. The van der Waals surface area contributed by atoms with Crippen LogP contribution in [0.25, 0.3) is 0 Å². The predicted molar refractivity (Wildman–Crippen MR) is 77.9 cm³/mol. The van der Waals surface area contributed by atoms with Crippen LogP contribution < -0.4 is 10.2 Å². The van der Waals surface area contributed by atoms with Gasteiger partial charge in [0, 0.05) is 37.5 Å². The van der Waals surface area contributed by atoms with Gasteiger partial charge in [-0.3, -0.25) is 4.79 Å². The first-order valence-corrected chi connectivity index (χ1v) is 6.60. The fraction of sp³-hybridized carbons (Fsp3) is 0.333. The second-order valence-electron chi connectivity index (χ2n) is 4.84. The number of amides is 1. The Hall–Kier alpha value is -2.30. The van der Waals surface area contributed by atoms with E-state index in [0.717, 1.165) is 24.1 Å². The molecule has 0 aliphatic carbocycles. The molecule has 0 atom stereocenters. The Labute approximate surface area is 118 Å². The lowest BCUT2D eigenvalue weighted by atomic mass is 10.1. The maximum Gasteiger partial charge on any atom is 0.251 e. The minimum Gasteiger partial charge on any atom is -0.378 e. The average Bonchev–Trinajstić information content (AvgIpc) is 2.96. The molecule has 0 aliphatic heterocycles. The Kier molecular flexibility index (Phi) is 4.76. The van der Waals surface area contributed by atoms with Gasteiger partial charge in [0.2, 0.25) is 0 Å². The lowest BCUT2D eigenvalue weighted by Crippen LogP contribution is -2.25. The first-order chi connectivity index (χ1) is 9.66. The molecule has 0 bridgehead atoms. The van der Waals surface area contributed by atoms with Crippen LogP contribution >= 0.6 is 0 Å². The summed E-state index contributed by atoms with van der Waals surface area (Å²) in [6.07, 6.45) is 5.03. The molecule has 1 heterocycles. The van der Waals surface area contributed by atoms with Crippen molar-refractivity contribution in [1.29, 1.82) is 0 Å². The Morgan fingerprint density at radius 3 is 2.95 bits per heavy atom. The van der Waals surface area contributed by atoms with Crippen molar-refractivity contribution in [2.24, 2.45) is 0 Å². The summed E-state index contributed by atoms with van der Waals surface area (Å²) in [5.74, 6) is -0.0426. The van der Waals surface area contributed by atoms with Crippen LogP contribution in [0.1, 0.15) is 22.3 Å². The van der Waals surface area contributed by atoms with Crippen LogP contribution in [-0.2, 0) is 6.42 Å². The summed E-state index contributed by atoms with van der Waals surface area (Å²) in [6.45, 7) is 0.635. The van der Waals surface area contributed by atoms with Crippen molar-refractivity contribution < 1.29 is 9.32 Å². The summed E-state index contributed by atoms with van der Waals surface area (Å²) >= 11 is 0. The first-order valence-electron chi connectivity index (χ1n) is 6.60. The molecule has 1 amide bonds. The van der Waals surface area contributed by atoms with Crippen molar-refractivity contribution in [3.05, 3.63) is 47.9 Å². The standard InChI is InChI=1S/C15H19N3O2/c1-18(2)14-7-3-6-13(9-14)15(19)16-8-4-5-12-10-17-20-11-12/h3,6-7,9-11H,4-5,8H2,1-2H3,(H,16,19). The van der Waals surface area contributed by atoms with Crippen molar-refractivity contribution in [3.63, 3.8) is 0 Å². The van der Waals surface area contributed by atoms with Crippen LogP contribution in [0.4, 0.5) is 5.69 Å². The largest absolute Gasteiger partial charge is 0.378 e. The average molecular weight is 273 g/mol. The van der Waals surface area contributed by atoms with Gasteiger partial charge in [0.1, 0.15) is 6.26 Å². The molecule has 0 saturated carbocycles. The lowest BCUT2D eigenvalue weighted by molar-refractivity contribution is 0.0953. The number of carbonyl (C=O) groups excluding carboxylic acids is 1. The summed E-state index contributed by atoms with van der Waals surface area (Å²) in [5, 5.41) is 6.56. The normalized spacial score (nSPS) is 10.3. The maximum atomic E-state index is 12.0. The minimum atomic E-state index is -0.0426. The van der Waals surface area contributed by atoms with Crippen molar-refractivity contribution in [1.82, 2.24) is 10.5 Å². The molecule has 5 nitrogen and oxygen atoms in total. The van der Waals surface area contributed by atoms with Crippen molar-refractivity contribution in [2.75, 3.05) is 25.5 Å². The van der Waals surface area contributed by atoms with E-state index in [1.54, 1.807) is 12.5 Å². The summed E-state index contributed by atoms with van der Waals surface area (Å²) in [5.41, 5.74) is 2.75. The molecule has 1 N–H and O–H groups in total. The fourth-order valence-electron chi connectivity index (χ4n) is 1.87. The van der Waals surface area contributed by atoms with Gasteiger partial charge in [-0.25, -0.2) is 0 Å². The number of carbonyl (C=O) groups is 1. The molecular weight excluding hydrogens is 254 g/mol. The smallest absolute Gasteiger partial charge is 0.251 e. The van der Waals surface area contributed by atoms with Crippen molar-refractivity contribution >= 4 is 11.6 Å². The van der Waals surface area contributed by atoms with E-state index in [9.17, 15) is 4.79 Å². The highest BCUT2D eigenvalue weighted by atomic mass is 16.5. The van der Waals surface area contributed by atoms with E-state index in [1.807, 2.05) is 43.3 Å². The Bertz CT molecular complexity index is 550.